The molecule has 0 saturated carbocycles. The van der Waals surface area contributed by atoms with Crippen LogP contribution in [0, 0.1) is 0 Å². The van der Waals surface area contributed by atoms with Crippen LogP contribution in [0.25, 0.3) is 0 Å². The van der Waals surface area contributed by atoms with Gasteiger partial charge in [-0.15, -0.1) is 0 Å². The summed E-state index contributed by atoms with van der Waals surface area (Å²) in [6.45, 7) is 6.51. The van der Waals surface area contributed by atoms with E-state index in [4.69, 9.17) is 14.2 Å². The second kappa shape index (κ2) is 65.6. The van der Waals surface area contributed by atoms with Gasteiger partial charge in [-0.05, 0) is 109 Å². The standard InChI is InChI=1S/C72H122O6/c1-4-7-10-13-16-19-22-25-28-30-32-33-34-35-36-37-38-39-41-42-44-47-50-53-56-59-62-65-71(74)77-68-69(67-76-70(73)64-61-58-55-52-49-46-27-24-21-18-15-12-9-6-3)78-72(75)66-63-60-57-54-51-48-45-43-40-31-29-26-23-20-17-14-11-8-5-2/h7,10,16-17,19-20,25-26,28-29,32-33,35-36,38-40,43,69H,4-6,8-9,11-15,18,21-24,27,30-31,34,37,41-42,44-68H2,1-3H3/b10-7-,19-16-,20-17-,28-25-,29-26-,33-32-,36-35-,39-38-,43-40-. The highest BCUT2D eigenvalue weighted by molar-refractivity contribution is 5.71. The molecule has 0 aliphatic carbocycles. The summed E-state index contributed by atoms with van der Waals surface area (Å²) in [4.78, 5) is 38.4. The molecular formula is C72H122O6. The van der Waals surface area contributed by atoms with Crippen molar-refractivity contribution in [1.82, 2.24) is 0 Å². The van der Waals surface area contributed by atoms with Gasteiger partial charge in [-0.2, -0.15) is 0 Å². The quantitative estimate of drug-likeness (QED) is 0.0261. The summed E-state index contributed by atoms with van der Waals surface area (Å²) in [5.74, 6) is -0.895. The zero-order valence-corrected chi connectivity index (χ0v) is 51.2. The predicted octanol–water partition coefficient (Wildman–Crippen LogP) is 22.6. The average molecular weight is 1080 g/mol. The molecule has 0 fully saturated rings. The van der Waals surface area contributed by atoms with E-state index in [0.717, 1.165) is 128 Å². The van der Waals surface area contributed by atoms with Gasteiger partial charge in [-0.1, -0.05) is 291 Å². The lowest BCUT2D eigenvalue weighted by molar-refractivity contribution is -0.167. The van der Waals surface area contributed by atoms with Gasteiger partial charge in [0.2, 0.25) is 0 Å². The largest absolute Gasteiger partial charge is 0.462 e. The molecule has 0 aliphatic heterocycles. The number of esters is 3. The van der Waals surface area contributed by atoms with E-state index in [2.05, 4.69) is 130 Å². The molecule has 78 heavy (non-hydrogen) atoms. The number of allylic oxidation sites excluding steroid dienone is 18. The number of hydrogen-bond acceptors (Lipinski definition) is 6. The Labute approximate surface area is 482 Å². The fraction of sp³-hybridized carbons (Fsp3) is 0.708. The molecule has 0 bridgehead atoms. The molecule has 0 aromatic rings. The monoisotopic (exact) mass is 1080 g/mol. The lowest BCUT2D eigenvalue weighted by Gasteiger charge is -2.18. The lowest BCUT2D eigenvalue weighted by Crippen LogP contribution is -2.30. The van der Waals surface area contributed by atoms with Crippen LogP contribution in [0.15, 0.2) is 109 Å². The van der Waals surface area contributed by atoms with Crippen molar-refractivity contribution in [3.8, 4) is 0 Å². The van der Waals surface area contributed by atoms with Crippen LogP contribution in [-0.4, -0.2) is 37.2 Å². The van der Waals surface area contributed by atoms with Crippen LogP contribution in [0.2, 0.25) is 0 Å². The number of hydrogen-bond donors (Lipinski definition) is 0. The SMILES string of the molecule is CC/C=C\C/C=C\C/C=C\C/C=C\C/C=C\C/C=C\CCCCCCCCCCC(=O)OCC(COC(=O)CCCCCCCCCCCCCCCC)OC(=O)CCCCCCCC/C=C\C/C=C\C/C=C\CCCCC. The number of unbranched alkanes of at least 4 members (excludes halogenated alkanes) is 30. The maximum Gasteiger partial charge on any atom is 0.306 e. The summed E-state index contributed by atoms with van der Waals surface area (Å²) in [6.07, 6.45) is 89.4. The molecule has 6 heteroatoms. The highest BCUT2D eigenvalue weighted by atomic mass is 16.6. The molecular weight excluding hydrogens is 961 g/mol. The molecule has 0 aliphatic rings. The van der Waals surface area contributed by atoms with E-state index in [1.807, 2.05) is 0 Å². The minimum absolute atomic E-state index is 0.0842. The average Bonchev–Trinajstić information content (AvgIpc) is 3.44. The van der Waals surface area contributed by atoms with Gasteiger partial charge >= 0.3 is 17.9 Å². The van der Waals surface area contributed by atoms with Gasteiger partial charge in [-0.3, -0.25) is 14.4 Å². The first kappa shape index (κ1) is 74.1. The minimum atomic E-state index is -0.790. The molecule has 0 amide bonds. The van der Waals surface area contributed by atoms with Crippen LogP contribution in [0.4, 0.5) is 0 Å². The predicted molar refractivity (Wildman–Crippen MR) is 339 cm³/mol. The first-order chi connectivity index (χ1) is 38.5. The van der Waals surface area contributed by atoms with E-state index in [-0.39, 0.29) is 31.1 Å². The summed E-state index contributed by atoms with van der Waals surface area (Å²) < 4.78 is 16.9. The number of carbonyl (C=O) groups excluding carboxylic acids is 3. The van der Waals surface area contributed by atoms with Crippen LogP contribution >= 0.6 is 0 Å². The second-order valence-corrected chi connectivity index (χ2v) is 21.6. The zero-order valence-electron chi connectivity index (χ0n) is 51.2. The summed E-state index contributed by atoms with van der Waals surface area (Å²) in [7, 11) is 0. The Morgan fingerprint density at radius 3 is 0.808 bits per heavy atom. The molecule has 0 radical (unpaired) electrons. The molecule has 6 nitrogen and oxygen atoms in total. The third-order valence-corrected chi connectivity index (χ3v) is 14.0. The summed E-state index contributed by atoms with van der Waals surface area (Å²) in [6, 6.07) is 0. The lowest BCUT2D eigenvalue weighted by atomic mass is 10.0. The molecule has 0 aromatic carbocycles. The van der Waals surface area contributed by atoms with Crippen molar-refractivity contribution in [2.24, 2.45) is 0 Å². The smallest absolute Gasteiger partial charge is 0.306 e. The maximum absolute atomic E-state index is 12.9. The van der Waals surface area contributed by atoms with Crippen molar-refractivity contribution < 1.29 is 28.6 Å². The molecule has 0 aromatic heterocycles. The van der Waals surface area contributed by atoms with Crippen LogP contribution in [-0.2, 0) is 28.6 Å². The van der Waals surface area contributed by atoms with Crippen molar-refractivity contribution in [2.45, 2.75) is 316 Å². The van der Waals surface area contributed by atoms with E-state index >= 15 is 0 Å². The summed E-state index contributed by atoms with van der Waals surface area (Å²) >= 11 is 0. The Morgan fingerprint density at radius 1 is 0.269 bits per heavy atom. The van der Waals surface area contributed by atoms with Crippen molar-refractivity contribution in [2.75, 3.05) is 13.2 Å². The van der Waals surface area contributed by atoms with Crippen molar-refractivity contribution in [1.29, 1.82) is 0 Å². The van der Waals surface area contributed by atoms with E-state index in [9.17, 15) is 14.4 Å². The third-order valence-electron chi connectivity index (χ3n) is 14.0. The number of rotatable bonds is 59. The van der Waals surface area contributed by atoms with Crippen LogP contribution in [0.1, 0.15) is 310 Å². The van der Waals surface area contributed by atoms with E-state index in [1.165, 1.54) is 141 Å². The maximum atomic E-state index is 12.9. The topological polar surface area (TPSA) is 78.9 Å². The number of carbonyl (C=O) groups is 3. The molecule has 446 valence electrons. The Hall–Kier alpha value is -3.93. The fourth-order valence-electron chi connectivity index (χ4n) is 9.10. The highest BCUT2D eigenvalue weighted by Crippen LogP contribution is 2.16. The highest BCUT2D eigenvalue weighted by Gasteiger charge is 2.19. The Morgan fingerprint density at radius 2 is 0.500 bits per heavy atom. The van der Waals surface area contributed by atoms with Crippen LogP contribution in [0.3, 0.4) is 0 Å². The molecule has 0 rings (SSSR count). The third kappa shape index (κ3) is 62.9. The van der Waals surface area contributed by atoms with Gasteiger partial charge in [-0.25, -0.2) is 0 Å². The first-order valence-corrected chi connectivity index (χ1v) is 32.9. The molecule has 1 unspecified atom stereocenters. The van der Waals surface area contributed by atoms with E-state index < -0.39 is 6.10 Å². The van der Waals surface area contributed by atoms with Crippen LogP contribution < -0.4 is 0 Å². The van der Waals surface area contributed by atoms with Crippen molar-refractivity contribution in [3.63, 3.8) is 0 Å². The van der Waals surface area contributed by atoms with Gasteiger partial charge in [0.1, 0.15) is 13.2 Å². The summed E-state index contributed by atoms with van der Waals surface area (Å²) in [5, 5.41) is 0. The molecule has 0 heterocycles. The van der Waals surface area contributed by atoms with E-state index in [1.54, 1.807) is 0 Å². The zero-order chi connectivity index (χ0) is 56.4. The van der Waals surface area contributed by atoms with E-state index in [0.29, 0.717) is 19.3 Å². The second-order valence-electron chi connectivity index (χ2n) is 21.6. The Kier molecular flexibility index (Phi) is 62.3. The molecule has 0 spiro atoms. The van der Waals surface area contributed by atoms with Gasteiger partial charge < -0.3 is 14.2 Å². The van der Waals surface area contributed by atoms with Crippen LogP contribution in [0.5, 0.6) is 0 Å². The normalized spacial score (nSPS) is 12.8. The van der Waals surface area contributed by atoms with Gasteiger partial charge in [0, 0.05) is 19.3 Å². The fourth-order valence-corrected chi connectivity index (χ4v) is 9.10. The molecule has 0 N–H and O–H groups in total. The van der Waals surface area contributed by atoms with Gasteiger partial charge in [0.05, 0.1) is 0 Å². The minimum Gasteiger partial charge on any atom is -0.462 e. The molecule has 1 atom stereocenters. The number of ether oxygens (including phenoxy) is 3. The van der Waals surface area contributed by atoms with Gasteiger partial charge in [0.15, 0.2) is 6.10 Å². The first-order valence-electron chi connectivity index (χ1n) is 32.9. The Bertz CT molecular complexity index is 1570. The van der Waals surface area contributed by atoms with Gasteiger partial charge in [0.25, 0.3) is 0 Å². The Balaban J connectivity index is 4.37. The van der Waals surface area contributed by atoms with Crippen molar-refractivity contribution >= 4 is 17.9 Å². The summed E-state index contributed by atoms with van der Waals surface area (Å²) in [5.41, 5.74) is 0. The molecule has 0 saturated heterocycles. The van der Waals surface area contributed by atoms with Crippen molar-refractivity contribution in [3.05, 3.63) is 109 Å².